The van der Waals surface area contributed by atoms with Gasteiger partial charge in [-0.05, 0) is 24.3 Å². The number of imidazole rings is 1. The van der Waals surface area contributed by atoms with Gasteiger partial charge in [0.15, 0.2) is 5.69 Å². The monoisotopic (exact) mass is 287 g/mol. The van der Waals surface area contributed by atoms with Gasteiger partial charge in [0.05, 0.1) is 5.56 Å². The number of aromatic nitrogens is 2. The first-order valence-electron chi connectivity index (χ1n) is 6.05. The summed E-state index contributed by atoms with van der Waals surface area (Å²) >= 11 is 0. The van der Waals surface area contributed by atoms with E-state index in [2.05, 4.69) is 4.98 Å². The van der Waals surface area contributed by atoms with Crippen molar-refractivity contribution < 1.29 is 13.2 Å². The molecule has 104 valence electrons. The van der Waals surface area contributed by atoms with E-state index < -0.39 is 11.7 Å². The molecule has 21 heavy (non-hydrogen) atoms. The summed E-state index contributed by atoms with van der Waals surface area (Å²) in [6.45, 7) is 0. The van der Waals surface area contributed by atoms with Crippen LogP contribution in [0.5, 0.6) is 0 Å². The molecule has 0 atom stereocenters. The highest BCUT2D eigenvalue weighted by atomic mass is 19.4. The molecule has 0 N–H and O–H groups in total. The number of halogens is 3. The van der Waals surface area contributed by atoms with Crippen molar-refractivity contribution in [1.82, 2.24) is 9.38 Å². The van der Waals surface area contributed by atoms with Gasteiger partial charge in [-0.15, -0.1) is 0 Å². The van der Waals surface area contributed by atoms with Gasteiger partial charge in [0.2, 0.25) is 0 Å². The number of pyridine rings is 1. The van der Waals surface area contributed by atoms with E-state index in [0.717, 1.165) is 12.1 Å². The van der Waals surface area contributed by atoms with Gasteiger partial charge in [-0.1, -0.05) is 18.2 Å². The SMILES string of the molecule is N#Cc1c(-c2ccc(C(F)(F)F)cc2)nc2ccccn12. The zero-order chi connectivity index (χ0) is 15.0. The van der Waals surface area contributed by atoms with Crippen LogP contribution in [0.2, 0.25) is 0 Å². The number of alkyl halides is 3. The average molecular weight is 287 g/mol. The van der Waals surface area contributed by atoms with E-state index in [1.165, 1.54) is 12.1 Å². The second-order valence-corrected chi connectivity index (χ2v) is 4.42. The van der Waals surface area contributed by atoms with Crippen LogP contribution in [0, 0.1) is 11.3 Å². The number of nitriles is 1. The quantitative estimate of drug-likeness (QED) is 0.681. The van der Waals surface area contributed by atoms with E-state index in [4.69, 9.17) is 0 Å². The average Bonchev–Trinajstić information content (AvgIpc) is 2.85. The molecule has 0 spiro atoms. The van der Waals surface area contributed by atoms with E-state index in [9.17, 15) is 18.4 Å². The molecule has 3 rings (SSSR count). The van der Waals surface area contributed by atoms with Crippen molar-refractivity contribution in [2.24, 2.45) is 0 Å². The molecular formula is C15H8F3N3. The van der Waals surface area contributed by atoms with E-state index in [1.807, 2.05) is 6.07 Å². The topological polar surface area (TPSA) is 41.1 Å². The lowest BCUT2D eigenvalue weighted by Crippen LogP contribution is -2.04. The lowest BCUT2D eigenvalue weighted by molar-refractivity contribution is -0.137. The van der Waals surface area contributed by atoms with Crippen LogP contribution in [0.4, 0.5) is 13.2 Å². The Balaban J connectivity index is 2.15. The minimum absolute atomic E-state index is 0.297. The van der Waals surface area contributed by atoms with Gasteiger partial charge in [-0.2, -0.15) is 18.4 Å². The third-order valence-corrected chi connectivity index (χ3v) is 3.12. The van der Waals surface area contributed by atoms with Crippen molar-refractivity contribution in [3.8, 4) is 17.3 Å². The summed E-state index contributed by atoms with van der Waals surface area (Å²) in [5.41, 5.74) is 0.989. The number of benzene rings is 1. The number of nitrogens with zero attached hydrogens (tertiary/aromatic N) is 3. The maximum absolute atomic E-state index is 12.6. The summed E-state index contributed by atoms with van der Waals surface area (Å²) < 4.78 is 39.3. The summed E-state index contributed by atoms with van der Waals surface area (Å²) in [5, 5.41) is 9.26. The van der Waals surface area contributed by atoms with Gasteiger partial charge in [0, 0.05) is 11.8 Å². The van der Waals surface area contributed by atoms with Gasteiger partial charge in [0.1, 0.15) is 17.4 Å². The number of hydrogen-bond donors (Lipinski definition) is 0. The molecule has 0 unspecified atom stereocenters. The molecule has 0 aliphatic heterocycles. The fourth-order valence-electron chi connectivity index (χ4n) is 2.12. The maximum Gasteiger partial charge on any atom is 0.416 e. The first kappa shape index (κ1) is 13.2. The Kier molecular flexibility index (Phi) is 2.91. The van der Waals surface area contributed by atoms with Gasteiger partial charge >= 0.3 is 6.18 Å². The van der Waals surface area contributed by atoms with Gasteiger partial charge < -0.3 is 0 Å². The highest BCUT2D eigenvalue weighted by Crippen LogP contribution is 2.31. The molecule has 0 amide bonds. The molecule has 0 aliphatic carbocycles. The maximum atomic E-state index is 12.6. The fourth-order valence-corrected chi connectivity index (χ4v) is 2.12. The normalized spacial score (nSPS) is 11.5. The van der Waals surface area contributed by atoms with Crippen LogP contribution in [0.15, 0.2) is 48.7 Å². The van der Waals surface area contributed by atoms with E-state index >= 15 is 0 Å². The van der Waals surface area contributed by atoms with Gasteiger partial charge in [-0.3, -0.25) is 4.40 Å². The van der Waals surface area contributed by atoms with Crippen molar-refractivity contribution >= 4 is 5.65 Å². The molecule has 0 bridgehead atoms. The third kappa shape index (κ3) is 2.23. The molecule has 0 saturated carbocycles. The largest absolute Gasteiger partial charge is 0.416 e. The Morgan fingerprint density at radius 3 is 2.38 bits per heavy atom. The van der Waals surface area contributed by atoms with Crippen molar-refractivity contribution in [2.75, 3.05) is 0 Å². The van der Waals surface area contributed by atoms with E-state index in [0.29, 0.717) is 22.6 Å². The third-order valence-electron chi connectivity index (χ3n) is 3.12. The Labute approximate surface area is 117 Å². The number of hydrogen-bond acceptors (Lipinski definition) is 2. The molecule has 0 aliphatic rings. The molecule has 0 fully saturated rings. The smallest absolute Gasteiger partial charge is 0.291 e. The summed E-state index contributed by atoms with van der Waals surface area (Å²) in [6, 6.07) is 11.9. The van der Waals surface area contributed by atoms with Crippen LogP contribution in [-0.4, -0.2) is 9.38 Å². The molecular weight excluding hydrogens is 279 g/mol. The van der Waals surface area contributed by atoms with Crippen molar-refractivity contribution in [3.63, 3.8) is 0 Å². The lowest BCUT2D eigenvalue weighted by atomic mass is 10.1. The zero-order valence-electron chi connectivity index (χ0n) is 10.6. The fraction of sp³-hybridized carbons (Fsp3) is 0.0667. The minimum atomic E-state index is -4.38. The standard InChI is InChI=1S/C15H8F3N3/c16-15(17,18)11-6-4-10(5-7-11)14-12(9-19)21-8-2-1-3-13(21)20-14/h1-8H. The van der Waals surface area contributed by atoms with E-state index in [-0.39, 0.29) is 0 Å². The minimum Gasteiger partial charge on any atom is -0.291 e. The van der Waals surface area contributed by atoms with Crippen molar-refractivity contribution in [1.29, 1.82) is 5.26 Å². The second kappa shape index (κ2) is 4.63. The van der Waals surface area contributed by atoms with Crippen LogP contribution in [-0.2, 0) is 6.18 Å². The number of fused-ring (bicyclic) bond motifs is 1. The molecule has 6 heteroatoms. The first-order chi connectivity index (χ1) is 10.0. The summed E-state index contributed by atoms with van der Waals surface area (Å²) in [5.74, 6) is 0. The van der Waals surface area contributed by atoms with Crippen LogP contribution in [0.3, 0.4) is 0 Å². The Morgan fingerprint density at radius 1 is 1.05 bits per heavy atom. The van der Waals surface area contributed by atoms with Crippen molar-refractivity contribution in [2.45, 2.75) is 6.18 Å². The van der Waals surface area contributed by atoms with Crippen LogP contribution in [0.25, 0.3) is 16.9 Å². The molecule has 3 aromatic rings. The summed E-state index contributed by atoms with van der Waals surface area (Å²) in [7, 11) is 0. The highest BCUT2D eigenvalue weighted by molar-refractivity contribution is 5.69. The molecule has 2 heterocycles. The van der Waals surface area contributed by atoms with Crippen molar-refractivity contribution in [3.05, 3.63) is 59.9 Å². The Hall–Kier alpha value is -2.81. The molecule has 2 aromatic heterocycles. The first-order valence-corrected chi connectivity index (χ1v) is 6.05. The zero-order valence-corrected chi connectivity index (χ0v) is 10.6. The molecule has 0 radical (unpaired) electrons. The Morgan fingerprint density at radius 2 is 1.76 bits per heavy atom. The van der Waals surface area contributed by atoms with Crippen LogP contribution in [0.1, 0.15) is 11.3 Å². The van der Waals surface area contributed by atoms with E-state index in [1.54, 1.807) is 28.8 Å². The van der Waals surface area contributed by atoms with Gasteiger partial charge in [-0.25, -0.2) is 4.98 Å². The van der Waals surface area contributed by atoms with Gasteiger partial charge in [0.25, 0.3) is 0 Å². The second-order valence-electron chi connectivity index (χ2n) is 4.42. The number of rotatable bonds is 1. The highest BCUT2D eigenvalue weighted by Gasteiger charge is 2.30. The Bertz CT molecular complexity index is 839. The summed E-state index contributed by atoms with van der Waals surface area (Å²) in [6.07, 6.45) is -2.69. The van der Waals surface area contributed by atoms with Crippen LogP contribution < -0.4 is 0 Å². The van der Waals surface area contributed by atoms with Crippen LogP contribution >= 0.6 is 0 Å². The predicted octanol–water partition coefficient (Wildman–Crippen LogP) is 3.89. The molecule has 3 nitrogen and oxygen atoms in total. The lowest BCUT2D eigenvalue weighted by Gasteiger charge is -2.06. The molecule has 0 saturated heterocycles. The predicted molar refractivity (Wildman–Crippen MR) is 70.3 cm³/mol. The molecule has 1 aromatic carbocycles. The summed E-state index contributed by atoms with van der Waals surface area (Å²) in [4.78, 5) is 4.30.